The molecule has 0 radical (unpaired) electrons. The van der Waals surface area contributed by atoms with Gasteiger partial charge in [-0.15, -0.1) is 0 Å². The fourth-order valence-corrected chi connectivity index (χ4v) is 2.18. The van der Waals surface area contributed by atoms with Gasteiger partial charge >= 0.3 is 0 Å². The Hall–Kier alpha value is -2.13. The highest BCUT2D eigenvalue weighted by molar-refractivity contribution is 5.83. The molecule has 0 aliphatic rings. The second-order valence-electron chi connectivity index (χ2n) is 4.47. The molecule has 96 valence electrons. The monoisotopic (exact) mass is 255 g/mol. The largest absolute Gasteiger partial charge is 0.453 e. The van der Waals surface area contributed by atoms with Crippen LogP contribution in [0.15, 0.2) is 52.9 Å². The van der Waals surface area contributed by atoms with Crippen molar-refractivity contribution in [3.05, 3.63) is 59.9 Å². The minimum atomic E-state index is -0.294. The van der Waals surface area contributed by atoms with E-state index in [0.717, 1.165) is 17.7 Å². The van der Waals surface area contributed by atoms with E-state index >= 15 is 0 Å². The van der Waals surface area contributed by atoms with E-state index in [1.165, 1.54) is 0 Å². The predicted molar refractivity (Wildman–Crippen MR) is 74.4 cm³/mol. The Morgan fingerprint density at radius 3 is 2.47 bits per heavy atom. The fraction of sp³-hybridized carbons (Fsp3) is 0.125. The van der Waals surface area contributed by atoms with Crippen molar-refractivity contribution in [3.8, 4) is 11.3 Å². The summed E-state index contributed by atoms with van der Waals surface area (Å²) in [5.74, 6) is 0.00849. The van der Waals surface area contributed by atoms with Crippen LogP contribution < -0.4 is 5.32 Å². The summed E-state index contributed by atoms with van der Waals surface area (Å²) in [5, 5.41) is 3.60. The van der Waals surface area contributed by atoms with Gasteiger partial charge < -0.3 is 9.73 Å². The molecule has 1 aromatic heterocycles. The number of fused-ring (bicyclic) bond motifs is 1. The van der Waals surface area contributed by atoms with Gasteiger partial charge in [-0.3, -0.25) is 0 Å². The Morgan fingerprint density at radius 2 is 1.79 bits per heavy atom. The number of rotatable bonds is 3. The first kappa shape index (κ1) is 11.9. The van der Waals surface area contributed by atoms with Gasteiger partial charge in [-0.1, -0.05) is 36.4 Å². The third-order valence-corrected chi connectivity index (χ3v) is 3.13. The number of hydrogen-bond donors (Lipinski definition) is 1. The number of hydrogen-bond acceptors (Lipinski definition) is 2. The van der Waals surface area contributed by atoms with Crippen LogP contribution in [0.2, 0.25) is 0 Å². The van der Waals surface area contributed by atoms with E-state index in [0.29, 0.717) is 16.7 Å². The van der Waals surface area contributed by atoms with Crippen molar-refractivity contribution < 1.29 is 8.81 Å². The quantitative estimate of drug-likeness (QED) is 0.766. The van der Waals surface area contributed by atoms with Gasteiger partial charge in [-0.05, 0) is 24.7 Å². The van der Waals surface area contributed by atoms with Crippen LogP contribution in [0.25, 0.3) is 22.3 Å². The average Bonchev–Trinajstić information content (AvgIpc) is 2.78. The molecular formula is C16H14FNO. The molecule has 0 bridgehead atoms. The summed E-state index contributed by atoms with van der Waals surface area (Å²) >= 11 is 0. The van der Waals surface area contributed by atoms with Crippen LogP contribution >= 0.6 is 0 Å². The molecule has 0 aliphatic carbocycles. The van der Waals surface area contributed by atoms with E-state index in [2.05, 4.69) is 5.32 Å². The highest BCUT2D eigenvalue weighted by atomic mass is 19.1. The van der Waals surface area contributed by atoms with Gasteiger partial charge in [0.2, 0.25) is 0 Å². The zero-order valence-electron chi connectivity index (χ0n) is 10.6. The van der Waals surface area contributed by atoms with Gasteiger partial charge in [-0.2, -0.15) is 0 Å². The summed E-state index contributed by atoms with van der Waals surface area (Å²) in [6.07, 6.45) is 0. The van der Waals surface area contributed by atoms with Gasteiger partial charge in [0.05, 0.1) is 5.39 Å². The molecule has 0 fully saturated rings. The van der Waals surface area contributed by atoms with Gasteiger partial charge in [0, 0.05) is 12.1 Å². The van der Waals surface area contributed by atoms with Crippen molar-refractivity contribution in [3.63, 3.8) is 0 Å². The molecular weight excluding hydrogens is 241 g/mol. The van der Waals surface area contributed by atoms with Gasteiger partial charge in [0.25, 0.3) is 0 Å². The zero-order chi connectivity index (χ0) is 13.2. The van der Waals surface area contributed by atoms with Gasteiger partial charge in [-0.25, -0.2) is 4.39 Å². The number of nitrogens with one attached hydrogen (secondary N) is 1. The summed E-state index contributed by atoms with van der Waals surface area (Å²) in [6.45, 7) is 0.795. The van der Waals surface area contributed by atoms with Gasteiger partial charge in [0.15, 0.2) is 11.6 Å². The topological polar surface area (TPSA) is 25.2 Å². The summed E-state index contributed by atoms with van der Waals surface area (Å²) < 4.78 is 19.9. The van der Waals surface area contributed by atoms with E-state index < -0.39 is 0 Å². The lowest BCUT2D eigenvalue weighted by Gasteiger charge is -2.01. The molecule has 19 heavy (non-hydrogen) atoms. The van der Waals surface area contributed by atoms with Gasteiger partial charge in [0.1, 0.15) is 5.58 Å². The second-order valence-corrected chi connectivity index (χ2v) is 4.47. The lowest BCUT2D eigenvalue weighted by molar-refractivity contribution is 0.574. The van der Waals surface area contributed by atoms with Crippen LogP contribution in [0.3, 0.4) is 0 Å². The maximum absolute atomic E-state index is 14.3. The van der Waals surface area contributed by atoms with Crippen molar-refractivity contribution in [1.82, 2.24) is 5.32 Å². The molecule has 3 rings (SSSR count). The van der Waals surface area contributed by atoms with E-state index in [1.54, 1.807) is 18.2 Å². The molecule has 0 spiro atoms. The minimum absolute atomic E-state index is 0.294. The van der Waals surface area contributed by atoms with E-state index in [1.807, 2.05) is 37.4 Å². The molecule has 1 N–H and O–H groups in total. The molecule has 2 nitrogen and oxygen atoms in total. The van der Waals surface area contributed by atoms with Crippen molar-refractivity contribution in [2.24, 2.45) is 0 Å². The second kappa shape index (κ2) is 4.86. The summed E-state index contributed by atoms with van der Waals surface area (Å²) in [6, 6.07) is 14.9. The highest BCUT2D eigenvalue weighted by Gasteiger charge is 2.14. The molecule has 0 saturated carbocycles. The number of halogens is 1. The first-order valence-electron chi connectivity index (χ1n) is 6.20. The molecule has 0 amide bonds. The standard InChI is InChI=1S/C16H14FNO/c1-18-10-11-6-8-12(9-7-11)16-15(17)13-4-2-3-5-14(13)19-16/h2-9,18H,10H2,1H3. The molecule has 0 saturated heterocycles. The van der Waals surface area contributed by atoms with E-state index in [9.17, 15) is 4.39 Å². The number of para-hydroxylation sites is 1. The SMILES string of the molecule is CNCc1ccc(-c2oc3ccccc3c2F)cc1. The highest BCUT2D eigenvalue weighted by Crippen LogP contribution is 2.31. The Bertz CT molecular complexity index is 700. The van der Waals surface area contributed by atoms with Crippen molar-refractivity contribution in [2.45, 2.75) is 6.54 Å². The number of benzene rings is 2. The molecule has 3 aromatic rings. The molecule has 0 atom stereocenters. The summed E-state index contributed by atoms with van der Waals surface area (Å²) in [4.78, 5) is 0. The summed E-state index contributed by atoms with van der Waals surface area (Å²) in [5.41, 5.74) is 2.49. The van der Waals surface area contributed by atoms with Crippen LogP contribution in [0.5, 0.6) is 0 Å². The predicted octanol–water partition coefficient (Wildman–Crippen LogP) is 3.96. The zero-order valence-corrected chi connectivity index (χ0v) is 10.6. The molecule has 1 heterocycles. The lowest BCUT2D eigenvalue weighted by atomic mass is 10.1. The van der Waals surface area contributed by atoms with Crippen molar-refractivity contribution in [1.29, 1.82) is 0 Å². The normalized spacial score (nSPS) is 11.1. The Kier molecular flexibility index (Phi) is 3.05. The summed E-state index contributed by atoms with van der Waals surface area (Å²) in [7, 11) is 1.90. The number of furan rings is 1. The smallest absolute Gasteiger partial charge is 0.177 e. The molecule has 0 aliphatic heterocycles. The Morgan fingerprint density at radius 1 is 1.05 bits per heavy atom. The van der Waals surface area contributed by atoms with Crippen LogP contribution in [-0.2, 0) is 6.54 Å². The van der Waals surface area contributed by atoms with E-state index in [4.69, 9.17) is 4.42 Å². The third kappa shape index (κ3) is 2.13. The van der Waals surface area contributed by atoms with Crippen molar-refractivity contribution >= 4 is 11.0 Å². The fourth-order valence-electron chi connectivity index (χ4n) is 2.18. The lowest BCUT2D eigenvalue weighted by Crippen LogP contribution is -2.04. The van der Waals surface area contributed by atoms with Crippen LogP contribution in [0.1, 0.15) is 5.56 Å². The van der Waals surface area contributed by atoms with E-state index in [-0.39, 0.29) is 5.82 Å². The first-order chi connectivity index (χ1) is 9.29. The van der Waals surface area contributed by atoms with Crippen molar-refractivity contribution in [2.75, 3.05) is 7.05 Å². The minimum Gasteiger partial charge on any atom is -0.453 e. The van der Waals surface area contributed by atoms with Crippen LogP contribution in [-0.4, -0.2) is 7.05 Å². The molecule has 0 unspecified atom stereocenters. The maximum Gasteiger partial charge on any atom is 0.177 e. The van der Waals surface area contributed by atoms with Crippen LogP contribution in [0, 0.1) is 5.82 Å². The first-order valence-corrected chi connectivity index (χ1v) is 6.20. The third-order valence-electron chi connectivity index (χ3n) is 3.13. The average molecular weight is 255 g/mol. The molecule has 3 heteroatoms. The Labute approximate surface area is 110 Å². The molecule has 2 aromatic carbocycles. The Balaban J connectivity index is 2.06. The maximum atomic E-state index is 14.3. The van der Waals surface area contributed by atoms with Crippen LogP contribution in [0.4, 0.5) is 4.39 Å².